The Kier molecular flexibility index (Phi) is 6.84. The minimum absolute atomic E-state index is 0.121. The van der Waals surface area contributed by atoms with Crippen LogP contribution in [0.4, 0.5) is 0 Å². The SMILES string of the molecule is CCOP(OCC)C(c1ccc(Br)cc1)c1ccccc1O. The summed E-state index contributed by atoms with van der Waals surface area (Å²) in [5.41, 5.74) is 1.78. The summed E-state index contributed by atoms with van der Waals surface area (Å²) < 4.78 is 12.7. The predicted octanol–water partition coefficient (Wildman–Crippen LogP) is 5.63. The van der Waals surface area contributed by atoms with Crippen molar-refractivity contribution in [3.63, 3.8) is 0 Å². The van der Waals surface area contributed by atoms with Gasteiger partial charge in [-0.15, -0.1) is 0 Å². The van der Waals surface area contributed by atoms with E-state index in [1.807, 2.05) is 56.3 Å². The zero-order valence-corrected chi connectivity index (χ0v) is 15.2. The van der Waals surface area contributed by atoms with E-state index in [2.05, 4.69) is 15.9 Å². The fourth-order valence-corrected chi connectivity index (χ4v) is 4.23. The lowest BCUT2D eigenvalue weighted by molar-refractivity contribution is 0.264. The van der Waals surface area contributed by atoms with Crippen LogP contribution in [0.5, 0.6) is 5.75 Å². The second kappa shape index (κ2) is 8.64. The van der Waals surface area contributed by atoms with Gasteiger partial charge in [-0.2, -0.15) is 0 Å². The number of para-hydroxylation sites is 1. The van der Waals surface area contributed by atoms with Crippen molar-refractivity contribution in [2.24, 2.45) is 0 Å². The van der Waals surface area contributed by atoms with E-state index in [1.54, 1.807) is 6.07 Å². The summed E-state index contributed by atoms with van der Waals surface area (Å²) in [6.07, 6.45) is 0. The van der Waals surface area contributed by atoms with Crippen LogP contribution in [-0.4, -0.2) is 18.3 Å². The first kappa shape index (κ1) is 17.4. The van der Waals surface area contributed by atoms with Crippen LogP contribution in [0.15, 0.2) is 53.0 Å². The molecule has 1 unspecified atom stereocenters. The minimum Gasteiger partial charge on any atom is -0.508 e. The molecule has 118 valence electrons. The first-order chi connectivity index (χ1) is 10.7. The molecule has 0 bridgehead atoms. The van der Waals surface area contributed by atoms with Gasteiger partial charge in [0.15, 0.2) is 8.38 Å². The van der Waals surface area contributed by atoms with Crippen LogP contribution in [0.1, 0.15) is 30.6 Å². The third-order valence-electron chi connectivity index (χ3n) is 3.14. The summed E-state index contributed by atoms with van der Waals surface area (Å²) in [5.74, 6) is 0.266. The highest BCUT2D eigenvalue weighted by Crippen LogP contribution is 2.57. The standard InChI is InChI=1S/C17H20BrO3P/c1-3-20-22(21-4-2)17(13-9-11-14(18)12-10-13)15-7-5-6-8-16(15)19/h5-12,17,19H,3-4H2,1-2H3. The molecule has 5 heteroatoms. The molecule has 0 radical (unpaired) electrons. The quantitative estimate of drug-likeness (QED) is 0.630. The number of phenols is 1. The Morgan fingerprint density at radius 3 is 2.14 bits per heavy atom. The Bertz CT molecular complexity index is 583. The second-order valence-electron chi connectivity index (χ2n) is 4.63. The molecule has 0 aliphatic rings. The van der Waals surface area contributed by atoms with E-state index in [0.717, 1.165) is 15.6 Å². The Labute approximate surface area is 141 Å². The molecule has 2 aromatic carbocycles. The first-order valence-electron chi connectivity index (χ1n) is 7.25. The largest absolute Gasteiger partial charge is 0.508 e. The lowest BCUT2D eigenvalue weighted by atomic mass is 10.0. The Hall–Kier alpha value is -0.930. The molecule has 2 aromatic rings. The maximum Gasteiger partial charge on any atom is 0.183 e. The van der Waals surface area contributed by atoms with E-state index in [0.29, 0.717) is 13.2 Å². The fraction of sp³-hybridized carbons (Fsp3) is 0.294. The van der Waals surface area contributed by atoms with Crippen molar-refractivity contribution >= 4 is 24.3 Å². The van der Waals surface area contributed by atoms with Gasteiger partial charge in [0.1, 0.15) is 5.75 Å². The number of rotatable bonds is 7. The Balaban J connectivity index is 2.48. The van der Waals surface area contributed by atoms with Gasteiger partial charge in [0, 0.05) is 10.0 Å². The van der Waals surface area contributed by atoms with Gasteiger partial charge in [-0.1, -0.05) is 46.3 Å². The molecule has 0 saturated heterocycles. The van der Waals surface area contributed by atoms with Crippen molar-refractivity contribution < 1.29 is 14.2 Å². The molecule has 0 aromatic heterocycles. The van der Waals surface area contributed by atoms with E-state index >= 15 is 0 Å². The molecular formula is C17H20BrO3P. The first-order valence-corrected chi connectivity index (χ1v) is 9.29. The molecule has 0 heterocycles. The van der Waals surface area contributed by atoms with Crippen molar-refractivity contribution in [3.8, 4) is 5.75 Å². The van der Waals surface area contributed by atoms with Crippen LogP contribution in [0, 0.1) is 0 Å². The average molecular weight is 383 g/mol. The molecule has 0 amide bonds. The van der Waals surface area contributed by atoms with E-state index < -0.39 is 8.38 Å². The minimum atomic E-state index is -1.18. The zero-order chi connectivity index (χ0) is 15.9. The van der Waals surface area contributed by atoms with Gasteiger partial charge in [0.25, 0.3) is 0 Å². The van der Waals surface area contributed by atoms with Gasteiger partial charge in [-0.3, -0.25) is 0 Å². The maximum atomic E-state index is 10.3. The molecule has 0 aliphatic heterocycles. The highest BCUT2D eigenvalue weighted by atomic mass is 79.9. The van der Waals surface area contributed by atoms with E-state index in [1.165, 1.54) is 0 Å². The molecule has 2 rings (SSSR count). The van der Waals surface area contributed by atoms with E-state index in [-0.39, 0.29) is 11.4 Å². The Morgan fingerprint density at radius 1 is 1.00 bits per heavy atom. The molecule has 0 aliphatic carbocycles. The van der Waals surface area contributed by atoms with Crippen LogP contribution in [0.25, 0.3) is 0 Å². The topological polar surface area (TPSA) is 38.7 Å². The van der Waals surface area contributed by atoms with Gasteiger partial charge in [0.2, 0.25) is 0 Å². The number of phenolic OH excluding ortho intramolecular Hbond substituents is 1. The predicted molar refractivity (Wildman–Crippen MR) is 94.3 cm³/mol. The lowest BCUT2D eigenvalue weighted by Gasteiger charge is -2.27. The number of aromatic hydroxyl groups is 1. The second-order valence-corrected chi connectivity index (χ2v) is 7.15. The van der Waals surface area contributed by atoms with Crippen LogP contribution in [-0.2, 0) is 9.05 Å². The summed E-state index contributed by atoms with van der Waals surface area (Å²) in [6.45, 7) is 5.06. The zero-order valence-electron chi connectivity index (χ0n) is 12.7. The van der Waals surface area contributed by atoms with E-state index in [9.17, 15) is 5.11 Å². The molecule has 1 atom stereocenters. The molecule has 3 nitrogen and oxygen atoms in total. The van der Waals surface area contributed by atoms with Crippen LogP contribution in [0.2, 0.25) is 0 Å². The monoisotopic (exact) mass is 382 g/mol. The number of hydrogen-bond donors (Lipinski definition) is 1. The summed E-state index contributed by atoms with van der Waals surface area (Å²) in [7, 11) is -1.18. The van der Waals surface area contributed by atoms with Crippen LogP contribution >= 0.6 is 24.3 Å². The summed E-state index contributed by atoms with van der Waals surface area (Å²) >= 11 is 3.46. The average Bonchev–Trinajstić information content (AvgIpc) is 2.52. The van der Waals surface area contributed by atoms with Gasteiger partial charge >= 0.3 is 0 Å². The number of hydrogen-bond acceptors (Lipinski definition) is 3. The summed E-state index contributed by atoms with van der Waals surface area (Å²) in [5, 5.41) is 10.3. The van der Waals surface area contributed by atoms with Crippen molar-refractivity contribution in [3.05, 3.63) is 64.1 Å². The fourth-order valence-electron chi connectivity index (χ4n) is 2.22. The number of benzene rings is 2. The lowest BCUT2D eigenvalue weighted by Crippen LogP contribution is -2.05. The molecule has 1 N–H and O–H groups in total. The third kappa shape index (κ3) is 4.30. The molecule has 22 heavy (non-hydrogen) atoms. The van der Waals surface area contributed by atoms with Crippen molar-refractivity contribution in [2.75, 3.05) is 13.2 Å². The maximum absolute atomic E-state index is 10.3. The van der Waals surface area contributed by atoms with Gasteiger partial charge < -0.3 is 14.2 Å². The molecular weight excluding hydrogens is 363 g/mol. The third-order valence-corrected chi connectivity index (χ3v) is 5.69. The van der Waals surface area contributed by atoms with Gasteiger partial charge in [-0.05, 0) is 37.6 Å². The Morgan fingerprint density at radius 2 is 1.59 bits per heavy atom. The molecule has 0 spiro atoms. The van der Waals surface area contributed by atoms with Gasteiger partial charge in [0.05, 0.1) is 18.9 Å². The van der Waals surface area contributed by atoms with Crippen molar-refractivity contribution in [1.29, 1.82) is 0 Å². The van der Waals surface area contributed by atoms with Crippen molar-refractivity contribution in [2.45, 2.75) is 19.5 Å². The summed E-state index contributed by atoms with van der Waals surface area (Å²) in [6, 6.07) is 15.4. The highest BCUT2D eigenvalue weighted by molar-refractivity contribution is 9.10. The van der Waals surface area contributed by atoms with Crippen LogP contribution < -0.4 is 0 Å². The molecule has 0 saturated carbocycles. The van der Waals surface area contributed by atoms with Crippen LogP contribution in [0.3, 0.4) is 0 Å². The smallest absolute Gasteiger partial charge is 0.183 e. The number of halogens is 1. The van der Waals surface area contributed by atoms with Crippen molar-refractivity contribution in [1.82, 2.24) is 0 Å². The normalized spacial score (nSPS) is 12.5. The summed E-state index contributed by atoms with van der Waals surface area (Å²) in [4.78, 5) is 0. The van der Waals surface area contributed by atoms with E-state index in [4.69, 9.17) is 9.05 Å². The van der Waals surface area contributed by atoms with Gasteiger partial charge in [-0.25, -0.2) is 0 Å². The molecule has 0 fully saturated rings. The highest BCUT2D eigenvalue weighted by Gasteiger charge is 2.29.